The van der Waals surface area contributed by atoms with E-state index in [0.717, 1.165) is 19.3 Å². The van der Waals surface area contributed by atoms with E-state index in [1.165, 1.54) is 12.8 Å². The first-order chi connectivity index (χ1) is 8.06. The van der Waals surface area contributed by atoms with Crippen LogP contribution in [0.2, 0.25) is 0 Å². The van der Waals surface area contributed by atoms with Gasteiger partial charge in [0, 0.05) is 12.8 Å². The lowest BCUT2D eigenvalue weighted by Gasteiger charge is -2.14. The van der Waals surface area contributed by atoms with Crippen molar-refractivity contribution in [1.29, 1.82) is 0 Å². The second-order valence-electron chi connectivity index (χ2n) is 4.58. The van der Waals surface area contributed by atoms with Gasteiger partial charge in [-0.05, 0) is 18.8 Å². The summed E-state index contributed by atoms with van der Waals surface area (Å²) in [6, 6.07) is 0. The molecular formula is C13H24O4. The van der Waals surface area contributed by atoms with E-state index in [4.69, 9.17) is 10.2 Å². The number of rotatable bonds is 11. The summed E-state index contributed by atoms with van der Waals surface area (Å²) in [5, 5.41) is 17.3. The smallest absolute Gasteiger partial charge is 0.303 e. The standard InChI is InChI=1S/C13H24O4/c1-2-3-4-5-6-11(7-9-12(14)15)8-10-13(16)17/h11H,2-10H2,1H3,(H,14,15)(H,16,17). The van der Waals surface area contributed by atoms with E-state index in [9.17, 15) is 9.59 Å². The van der Waals surface area contributed by atoms with E-state index in [-0.39, 0.29) is 18.8 Å². The molecule has 0 aliphatic carbocycles. The fraction of sp³-hybridized carbons (Fsp3) is 0.846. The molecule has 0 radical (unpaired) electrons. The van der Waals surface area contributed by atoms with Crippen molar-refractivity contribution in [2.75, 3.05) is 0 Å². The molecule has 0 aromatic rings. The van der Waals surface area contributed by atoms with Crippen LogP contribution < -0.4 is 0 Å². The molecule has 0 amide bonds. The van der Waals surface area contributed by atoms with Crippen LogP contribution in [0.1, 0.15) is 64.7 Å². The van der Waals surface area contributed by atoms with Crippen molar-refractivity contribution < 1.29 is 19.8 Å². The highest BCUT2D eigenvalue weighted by Crippen LogP contribution is 2.21. The summed E-state index contributed by atoms with van der Waals surface area (Å²) < 4.78 is 0. The molecule has 0 saturated heterocycles. The van der Waals surface area contributed by atoms with Crippen LogP contribution in [0.3, 0.4) is 0 Å². The second-order valence-corrected chi connectivity index (χ2v) is 4.58. The van der Waals surface area contributed by atoms with E-state index < -0.39 is 11.9 Å². The third-order valence-electron chi connectivity index (χ3n) is 3.00. The SMILES string of the molecule is CCCCCCC(CCC(=O)O)CCC(=O)O. The highest BCUT2D eigenvalue weighted by atomic mass is 16.4. The summed E-state index contributed by atoms with van der Waals surface area (Å²) in [5.41, 5.74) is 0. The number of aliphatic carboxylic acids is 2. The average Bonchev–Trinajstić information content (AvgIpc) is 2.26. The van der Waals surface area contributed by atoms with Crippen molar-refractivity contribution in [2.45, 2.75) is 64.7 Å². The second kappa shape index (κ2) is 10.1. The summed E-state index contributed by atoms with van der Waals surface area (Å²) in [5.74, 6) is -1.34. The molecule has 0 atom stereocenters. The molecule has 0 aromatic carbocycles. The number of hydrogen-bond acceptors (Lipinski definition) is 2. The fourth-order valence-electron chi connectivity index (χ4n) is 1.95. The molecule has 0 fully saturated rings. The van der Waals surface area contributed by atoms with E-state index >= 15 is 0 Å². The number of carbonyl (C=O) groups is 2. The molecule has 0 heterocycles. The Balaban J connectivity index is 3.83. The van der Waals surface area contributed by atoms with Crippen LogP contribution >= 0.6 is 0 Å². The third-order valence-corrected chi connectivity index (χ3v) is 3.00. The molecule has 0 unspecified atom stereocenters. The zero-order valence-corrected chi connectivity index (χ0v) is 10.7. The lowest BCUT2D eigenvalue weighted by atomic mass is 9.91. The Labute approximate surface area is 103 Å². The summed E-state index contributed by atoms with van der Waals surface area (Å²) in [7, 11) is 0. The molecule has 4 nitrogen and oxygen atoms in total. The predicted octanol–water partition coefficient (Wildman–Crippen LogP) is 3.30. The minimum absolute atomic E-state index is 0.151. The van der Waals surface area contributed by atoms with Gasteiger partial charge < -0.3 is 10.2 Å². The van der Waals surface area contributed by atoms with E-state index in [2.05, 4.69) is 6.92 Å². The zero-order chi connectivity index (χ0) is 13.1. The maximum atomic E-state index is 10.5. The van der Waals surface area contributed by atoms with Crippen molar-refractivity contribution in [2.24, 2.45) is 5.92 Å². The first kappa shape index (κ1) is 15.9. The van der Waals surface area contributed by atoms with Crippen LogP contribution in [0.25, 0.3) is 0 Å². The van der Waals surface area contributed by atoms with Gasteiger partial charge in [-0.15, -0.1) is 0 Å². The lowest BCUT2D eigenvalue weighted by molar-refractivity contribution is -0.137. The van der Waals surface area contributed by atoms with E-state index in [0.29, 0.717) is 12.8 Å². The normalized spacial score (nSPS) is 10.7. The molecule has 0 bridgehead atoms. The molecule has 0 aliphatic heterocycles. The van der Waals surface area contributed by atoms with Crippen LogP contribution in [0.5, 0.6) is 0 Å². The summed E-state index contributed by atoms with van der Waals surface area (Å²) in [4.78, 5) is 21.0. The van der Waals surface area contributed by atoms with Crippen molar-refractivity contribution in [3.63, 3.8) is 0 Å². The molecule has 17 heavy (non-hydrogen) atoms. The molecule has 100 valence electrons. The molecule has 0 aliphatic rings. The minimum atomic E-state index is -0.793. The Morgan fingerprint density at radius 1 is 0.882 bits per heavy atom. The van der Waals surface area contributed by atoms with Crippen molar-refractivity contribution in [1.82, 2.24) is 0 Å². The van der Waals surface area contributed by atoms with Gasteiger partial charge in [-0.1, -0.05) is 39.0 Å². The lowest BCUT2D eigenvalue weighted by Crippen LogP contribution is -2.07. The minimum Gasteiger partial charge on any atom is -0.481 e. The van der Waals surface area contributed by atoms with Crippen LogP contribution in [-0.2, 0) is 9.59 Å². The first-order valence-corrected chi connectivity index (χ1v) is 6.49. The monoisotopic (exact) mass is 244 g/mol. The summed E-state index contributed by atoms with van der Waals surface area (Å²) >= 11 is 0. The average molecular weight is 244 g/mol. The van der Waals surface area contributed by atoms with Crippen molar-refractivity contribution >= 4 is 11.9 Å². The molecule has 0 rings (SSSR count). The van der Waals surface area contributed by atoms with Gasteiger partial charge in [0.25, 0.3) is 0 Å². The third kappa shape index (κ3) is 11.2. The topological polar surface area (TPSA) is 74.6 Å². The number of carboxylic acid groups (broad SMARTS) is 2. The largest absolute Gasteiger partial charge is 0.481 e. The highest BCUT2D eigenvalue weighted by molar-refractivity contribution is 5.67. The Hall–Kier alpha value is -1.06. The van der Waals surface area contributed by atoms with Gasteiger partial charge in [0.05, 0.1) is 0 Å². The summed E-state index contributed by atoms with van der Waals surface area (Å²) in [6.45, 7) is 2.15. The fourth-order valence-corrected chi connectivity index (χ4v) is 1.95. The van der Waals surface area contributed by atoms with Gasteiger partial charge in [0.15, 0.2) is 0 Å². The van der Waals surface area contributed by atoms with E-state index in [1.54, 1.807) is 0 Å². The van der Waals surface area contributed by atoms with Gasteiger partial charge in [0.1, 0.15) is 0 Å². The van der Waals surface area contributed by atoms with Crippen LogP contribution in [0, 0.1) is 5.92 Å². The Morgan fingerprint density at radius 2 is 1.41 bits per heavy atom. The molecule has 4 heteroatoms. The van der Waals surface area contributed by atoms with Gasteiger partial charge in [-0.25, -0.2) is 0 Å². The van der Waals surface area contributed by atoms with E-state index in [1.807, 2.05) is 0 Å². The van der Waals surface area contributed by atoms with Crippen LogP contribution in [0.15, 0.2) is 0 Å². The number of carboxylic acids is 2. The Morgan fingerprint density at radius 3 is 1.82 bits per heavy atom. The number of hydrogen-bond donors (Lipinski definition) is 2. The number of unbranched alkanes of at least 4 members (excludes halogenated alkanes) is 3. The van der Waals surface area contributed by atoms with Crippen molar-refractivity contribution in [3.05, 3.63) is 0 Å². The Kier molecular flexibility index (Phi) is 9.49. The zero-order valence-electron chi connectivity index (χ0n) is 10.7. The molecule has 0 spiro atoms. The van der Waals surface area contributed by atoms with Crippen LogP contribution in [-0.4, -0.2) is 22.2 Å². The summed E-state index contributed by atoms with van der Waals surface area (Å²) in [6.07, 6.45) is 7.09. The van der Waals surface area contributed by atoms with Gasteiger partial charge in [-0.3, -0.25) is 9.59 Å². The molecule has 2 N–H and O–H groups in total. The quantitative estimate of drug-likeness (QED) is 0.547. The maximum Gasteiger partial charge on any atom is 0.303 e. The van der Waals surface area contributed by atoms with Gasteiger partial charge >= 0.3 is 11.9 Å². The predicted molar refractivity (Wildman–Crippen MR) is 66.0 cm³/mol. The highest BCUT2D eigenvalue weighted by Gasteiger charge is 2.12. The van der Waals surface area contributed by atoms with Crippen molar-refractivity contribution in [3.8, 4) is 0 Å². The Bertz CT molecular complexity index is 207. The molecular weight excluding hydrogens is 220 g/mol. The van der Waals surface area contributed by atoms with Gasteiger partial charge in [0.2, 0.25) is 0 Å². The molecule has 0 aromatic heterocycles. The van der Waals surface area contributed by atoms with Gasteiger partial charge in [-0.2, -0.15) is 0 Å². The van der Waals surface area contributed by atoms with Crippen LogP contribution in [0.4, 0.5) is 0 Å². The first-order valence-electron chi connectivity index (χ1n) is 6.49. The molecule has 0 saturated carbocycles. The maximum absolute atomic E-state index is 10.5.